The first kappa shape index (κ1) is 9.36. The zero-order valence-electron chi connectivity index (χ0n) is 7.01. The van der Waals surface area contributed by atoms with Gasteiger partial charge in [0, 0.05) is 6.04 Å². The summed E-state index contributed by atoms with van der Waals surface area (Å²) in [5.41, 5.74) is 0. The number of rotatable bonds is 4. The minimum absolute atomic E-state index is 0.286. The minimum atomic E-state index is 0.286. The second kappa shape index (κ2) is 4.33. The average Bonchev–Trinajstić information content (AvgIpc) is 2.47. The van der Waals surface area contributed by atoms with Crippen molar-refractivity contribution in [3.05, 3.63) is 35.8 Å². The van der Waals surface area contributed by atoms with Crippen molar-refractivity contribution in [2.45, 2.75) is 19.5 Å². The van der Waals surface area contributed by atoms with E-state index in [1.807, 2.05) is 19.1 Å². The van der Waals surface area contributed by atoms with Gasteiger partial charge in [-0.2, -0.15) is 0 Å². The summed E-state index contributed by atoms with van der Waals surface area (Å²) in [6.45, 7) is 6.36. The van der Waals surface area contributed by atoms with Crippen LogP contribution in [-0.4, -0.2) is 6.04 Å². The van der Waals surface area contributed by atoms with Crippen molar-refractivity contribution < 1.29 is 4.42 Å². The molecule has 3 heteroatoms. The largest absolute Gasteiger partial charge is 0.448 e. The molecule has 1 N–H and O–H groups in total. The topological polar surface area (TPSA) is 25.2 Å². The SMILES string of the molecule is C=CC(C)NCc1ccc(Cl)o1. The highest BCUT2D eigenvalue weighted by atomic mass is 35.5. The van der Waals surface area contributed by atoms with Crippen LogP contribution in [0.25, 0.3) is 0 Å². The summed E-state index contributed by atoms with van der Waals surface area (Å²) < 4.78 is 5.15. The lowest BCUT2D eigenvalue weighted by molar-refractivity contribution is 0.476. The fraction of sp³-hybridized carbons (Fsp3) is 0.333. The van der Waals surface area contributed by atoms with Gasteiger partial charge in [0.1, 0.15) is 5.76 Å². The molecule has 1 aromatic heterocycles. The molecule has 0 aliphatic carbocycles. The molecule has 0 fully saturated rings. The Kier molecular flexibility index (Phi) is 3.38. The molecular formula is C9H12ClNO. The Morgan fingerprint density at radius 2 is 2.50 bits per heavy atom. The highest BCUT2D eigenvalue weighted by molar-refractivity contribution is 6.28. The molecule has 0 aliphatic heterocycles. The second-order valence-corrected chi connectivity index (χ2v) is 2.98. The maximum atomic E-state index is 5.59. The van der Waals surface area contributed by atoms with Crippen molar-refractivity contribution in [3.8, 4) is 0 Å². The molecule has 0 radical (unpaired) electrons. The summed E-state index contributed by atoms with van der Waals surface area (Å²) in [7, 11) is 0. The van der Waals surface area contributed by atoms with Crippen molar-refractivity contribution in [1.29, 1.82) is 0 Å². The molecule has 12 heavy (non-hydrogen) atoms. The molecule has 0 spiro atoms. The average molecular weight is 186 g/mol. The van der Waals surface area contributed by atoms with Crippen LogP contribution in [0.1, 0.15) is 12.7 Å². The molecule has 0 saturated heterocycles. The van der Waals surface area contributed by atoms with E-state index in [1.165, 1.54) is 0 Å². The van der Waals surface area contributed by atoms with E-state index in [9.17, 15) is 0 Å². The van der Waals surface area contributed by atoms with Gasteiger partial charge in [0.15, 0.2) is 5.22 Å². The first-order chi connectivity index (χ1) is 5.72. The van der Waals surface area contributed by atoms with Gasteiger partial charge >= 0.3 is 0 Å². The number of nitrogens with one attached hydrogen (secondary N) is 1. The van der Waals surface area contributed by atoms with Crippen LogP contribution in [0.5, 0.6) is 0 Å². The predicted molar refractivity (Wildman–Crippen MR) is 50.2 cm³/mol. The lowest BCUT2D eigenvalue weighted by Crippen LogP contribution is -2.22. The van der Waals surface area contributed by atoms with Gasteiger partial charge in [0.2, 0.25) is 0 Å². The molecule has 0 amide bonds. The first-order valence-corrected chi connectivity index (χ1v) is 4.20. The molecular weight excluding hydrogens is 174 g/mol. The van der Waals surface area contributed by atoms with Crippen LogP contribution in [0, 0.1) is 0 Å². The van der Waals surface area contributed by atoms with Gasteiger partial charge in [-0.15, -0.1) is 6.58 Å². The van der Waals surface area contributed by atoms with Gasteiger partial charge in [-0.25, -0.2) is 0 Å². The zero-order valence-corrected chi connectivity index (χ0v) is 7.77. The Balaban J connectivity index is 2.37. The molecule has 66 valence electrons. The molecule has 1 heterocycles. The van der Waals surface area contributed by atoms with E-state index in [4.69, 9.17) is 16.0 Å². The molecule has 2 nitrogen and oxygen atoms in total. The van der Waals surface area contributed by atoms with Crippen molar-refractivity contribution in [3.63, 3.8) is 0 Å². The van der Waals surface area contributed by atoms with Crippen LogP contribution in [0.3, 0.4) is 0 Å². The monoisotopic (exact) mass is 185 g/mol. The van der Waals surface area contributed by atoms with Gasteiger partial charge in [-0.05, 0) is 30.7 Å². The van der Waals surface area contributed by atoms with E-state index >= 15 is 0 Å². The zero-order chi connectivity index (χ0) is 8.97. The third kappa shape index (κ3) is 2.72. The lowest BCUT2D eigenvalue weighted by atomic mass is 10.3. The summed E-state index contributed by atoms with van der Waals surface area (Å²) >= 11 is 5.59. The van der Waals surface area contributed by atoms with Crippen LogP contribution < -0.4 is 5.32 Å². The minimum Gasteiger partial charge on any atom is -0.448 e. The molecule has 0 aromatic carbocycles. The van der Waals surface area contributed by atoms with E-state index in [0.717, 1.165) is 5.76 Å². The van der Waals surface area contributed by atoms with E-state index in [1.54, 1.807) is 6.07 Å². The highest BCUT2D eigenvalue weighted by Gasteiger charge is 2.00. The number of hydrogen-bond acceptors (Lipinski definition) is 2. The molecule has 1 aromatic rings. The molecule has 0 bridgehead atoms. The Morgan fingerprint density at radius 3 is 3.00 bits per heavy atom. The Labute approximate surface area is 77.2 Å². The lowest BCUT2D eigenvalue weighted by Gasteiger charge is -2.05. The molecule has 1 rings (SSSR count). The smallest absolute Gasteiger partial charge is 0.193 e. The maximum Gasteiger partial charge on any atom is 0.193 e. The van der Waals surface area contributed by atoms with Gasteiger partial charge < -0.3 is 9.73 Å². The third-order valence-corrected chi connectivity index (χ3v) is 1.78. The van der Waals surface area contributed by atoms with Crippen molar-refractivity contribution >= 4 is 11.6 Å². The quantitative estimate of drug-likeness (QED) is 0.730. The highest BCUT2D eigenvalue weighted by Crippen LogP contribution is 2.12. The summed E-state index contributed by atoms with van der Waals surface area (Å²) in [4.78, 5) is 0. The van der Waals surface area contributed by atoms with E-state index in [-0.39, 0.29) is 6.04 Å². The van der Waals surface area contributed by atoms with Crippen LogP contribution in [0.4, 0.5) is 0 Å². The van der Waals surface area contributed by atoms with Gasteiger partial charge in [-0.1, -0.05) is 6.08 Å². The van der Waals surface area contributed by atoms with Gasteiger partial charge in [0.25, 0.3) is 0 Å². The summed E-state index contributed by atoms with van der Waals surface area (Å²) in [5.74, 6) is 0.841. The van der Waals surface area contributed by atoms with E-state index in [2.05, 4.69) is 11.9 Å². The van der Waals surface area contributed by atoms with Crippen molar-refractivity contribution in [1.82, 2.24) is 5.32 Å². The van der Waals surface area contributed by atoms with Gasteiger partial charge in [0.05, 0.1) is 6.54 Å². The standard InChI is InChI=1S/C9H12ClNO/c1-3-7(2)11-6-8-4-5-9(10)12-8/h3-5,7,11H,1,6H2,2H3. The van der Waals surface area contributed by atoms with E-state index in [0.29, 0.717) is 11.8 Å². The maximum absolute atomic E-state index is 5.59. The Hall–Kier alpha value is -0.730. The van der Waals surface area contributed by atoms with Crippen LogP contribution in [0.2, 0.25) is 5.22 Å². The van der Waals surface area contributed by atoms with Crippen LogP contribution in [0.15, 0.2) is 29.2 Å². The van der Waals surface area contributed by atoms with Crippen LogP contribution >= 0.6 is 11.6 Å². The number of halogens is 1. The van der Waals surface area contributed by atoms with Crippen molar-refractivity contribution in [2.24, 2.45) is 0 Å². The van der Waals surface area contributed by atoms with Crippen molar-refractivity contribution in [2.75, 3.05) is 0 Å². The summed E-state index contributed by atoms with van der Waals surface area (Å²) in [6, 6.07) is 3.87. The van der Waals surface area contributed by atoms with Crippen LogP contribution in [-0.2, 0) is 6.54 Å². The fourth-order valence-corrected chi connectivity index (χ4v) is 0.954. The predicted octanol–water partition coefficient (Wildman–Crippen LogP) is 2.60. The molecule has 1 atom stereocenters. The van der Waals surface area contributed by atoms with Gasteiger partial charge in [-0.3, -0.25) is 0 Å². The second-order valence-electron chi connectivity index (χ2n) is 2.61. The van der Waals surface area contributed by atoms with E-state index < -0.39 is 0 Å². The number of furan rings is 1. The molecule has 0 aliphatic rings. The Morgan fingerprint density at radius 1 is 1.75 bits per heavy atom. The summed E-state index contributed by atoms with van der Waals surface area (Å²) in [6.07, 6.45) is 1.84. The third-order valence-electron chi connectivity index (χ3n) is 1.58. The number of hydrogen-bond donors (Lipinski definition) is 1. The molecule has 1 unspecified atom stereocenters. The molecule has 0 saturated carbocycles. The normalized spacial score (nSPS) is 12.8. The summed E-state index contributed by atoms with van der Waals surface area (Å²) in [5, 5.41) is 3.62. The fourth-order valence-electron chi connectivity index (χ4n) is 0.792. The Bertz CT molecular complexity index is 257. The first-order valence-electron chi connectivity index (χ1n) is 3.82.